The van der Waals surface area contributed by atoms with Gasteiger partial charge in [0.1, 0.15) is 10.8 Å². The summed E-state index contributed by atoms with van der Waals surface area (Å²) in [5.74, 6) is 0.560. The highest BCUT2D eigenvalue weighted by atomic mass is 35.5. The topological polar surface area (TPSA) is 56.6 Å². The predicted molar refractivity (Wildman–Crippen MR) is 111 cm³/mol. The number of nitrogens with zero attached hydrogens (tertiary/aromatic N) is 3. The number of carbonyl (C=O) groups excluding carboxylic acids is 1. The third-order valence-corrected chi connectivity index (χ3v) is 5.50. The first-order chi connectivity index (χ1) is 13.6. The Morgan fingerprint density at radius 2 is 1.86 bits per heavy atom. The second kappa shape index (κ2) is 9.68. The first-order valence-electron chi connectivity index (χ1n) is 9.18. The van der Waals surface area contributed by atoms with E-state index in [9.17, 15) is 4.79 Å². The van der Waals surface area contributed by atoms with Crippen LogP contribution in [0.15, 0.2) is 42.5 Å². The van der Waals surface area contributed by atoms with Gasteiger partial charge in [0.25, 0.3) is 0 Å². The van der Waals surface area contributed by atoms with Crippen molar-refractivity contribution in [3.05, 3.63) is 58.1 Å². The molecule has 0 atom stereocenters. The highest BCUT2D eigenvalue weighted by molar-refractivity contribution is 6.42. The SMILES string of the molecule is N#Cc1ccc(N2CCCN(C(=O)CCOc3cccc(Cl)c3Cl)CC2)cc1. The van der Waals surface area contributed by atoms with Gasteiger partial charge in [-0.1, -0.05) is 29.3 Å². The number of amides is 1. The average Bonchev–Trinajstić information content (AvgIpc) is 2.97. The minimum absolute atomic E-state index is 0.0693. The molecule has 2 aromatic carbocycles. The third kappa shape index (κ3) is 5.09. The second-order valence-corrected chi connectivity index (χ2v) is 7.32. The Bertz CT molecular complexity index is 865. The summed E-state index contributed by atoms with van der Waals surface area (Å²) >= 11 is 12.1. The van der Waals surface area contributed by atoms with Crippen LogP contribution in [0.1, 0.15) is 18.4 Å². The number of ether oxygens (including phenoxy) is 1. The van der Waals surface area contributed by atoms with Crippen molar-refractivity contribution in [2.45, 2.75) is 12.8 Å². The fourth-order valence-corrected chi connectivity index (χ4v) is 3.52. The Morgan fingerprint density at radius 3 is 2.61 bits per heavy atom. The maximum atomic E-state index is 12.6. The van der Waals surface area contributed by atoms with Crippen LogP contribution in [-0.2, 0) is 4.79 Å². The van der Waals surface area contributed by atoms with Crippen molar-refractivity contribution in [1.82, 2.24) is 4.90 Å². The van der Waals surface area contributed by atoms with Crippen LogP contribution in [0.5, 0.6) is 5.75 Å². The van der Waals surface area contributed by atoms with E-state index in [1.54, 1.807) is 18.2 Å². The summed E-state index contributed by atoms with van der Waals surface area (Å²) in [6.07, 6.45) is 1.19. The van der Waals surface area contributed by atoms with Gasteiger partial charge in [-0.2, -0.15) is 5.26 Å². The van der Waals surface area contributed by atoms with E-state index in [0.717, 1.165) is 31.7 Å². The number of benzene rings is 2. The van der Waals surface area contributed by atoms with E-state index in [1.807, 2.05) is 29.2 Å². The molecular formula is C21H21Cl2N3O2. The summed E-state index contributed by atoms with van der Waals surface area (Å²) in [6.45, 7) is 3.29. The van der Waals surface area contributed by atoms with Crippen LogP contribution < -0.4 is 9.64 Å². The van der Waals surface area contributed by atoms with E-state index in [1.165, 1.54) is 0 Å². The Kier molecular flexibility index (Phi) is 7.02. The van der Waals surface area contributed by atoms with Gasteiger partial charge in [0.05, 0.1) is 29.7 Å². The Morgan fingerprint density at radius 1 is 1.07 bits per heavy atom. The summed E-state index contributed by atoms with van der Waals surface area (Å²) < 4.78 is 5.62. The zero-order valence-electron chi connectivity index (χ0n) is 15.4. The monoisotopic (exact) mass is 417 g/mol. The molecule has 1 saturated heterocycles. The number of hydrogen-bond donors (Lipinski definition) is 0. The van der Waals surface area contributed by atoms with Gasteiger partial charge in [-0.25, -0.2) is 0 Å². The van der Waals surface area contributed by atoms with Crippen LogP contribution in [0.3, 0.4) is 0 Å². The lowest BCUT2D eigenvalue weighted by Crippen LogP contribution is -2.35. The quantitative estimate of drug-likeness (QED) is 0.724. The van der Waals surface area contributed by atoms with Gasteiger partial charge in [-0.05, 0) is 42.8 Å². The van der Waals surface area contributed by atoms with Crippen LogP contribution in [0.25, 0.3) is 0 Å². The van der Waals surface area contributed by atoms with Gasteiger partial charge < -0.3 is 14.5 Å². The minimum Gasteiger partial charge on any atom is -0.491 e. The molecule has 0 aromatic heterocycles. The summed E-state index contributed by atoms with van der Waals surface area (Å²) in [5.41, 5.74) is 1.72. The number of anilines is 1. The van der Waals surface area contributed by atoms with Crippen molar-refractivity contribution in [3.8, 4) is 11.8 Å². The highest BCUT2D eigenvalue weighted by Gasteiger charge is 2.19. The minimum atomic E-state index is 0.0693. The Hall–Kier alpha value is -2.42. The number of hydrogen-bond acceptors (Lipinski definition) is 4. The number of nitriles is 1. The number of carbonyl (C=O) groups is 1. The summed E-state index contributed by atoms with van der Waals surface area (Å²) in [4.78, 5) is 16.7. The fourth-order valence-electron chi connectivity index (χ4n) is 3.17. The third-order valence-electron chi connectivity index (χ3n) is 4.70. The molecule has 1 aliphatic heterocycles. The van der Waals surface area contributed by atoms with E-state index in [2.05, 4.69) is 11.0 Å². The van der Waals surface area contributed by atoms with Crippen LogP contribution in [0.4, 0.5) is 5.69 Å². The molecule has 0 spiro atoms. The average molecular weight is 418 g/mol. The Labute approximate surface area is 175 Å². The molecule has 2 aromatic rings. The molecule has 0 aliphatic carbocycles. The molecule has 1 heterocycles. The molecular weight excluding hydrogens is 397 g/mol. The van der Waals surface area contributed by atoms with Gasteiger partial charge in [0.15, 0.2) is 0 Å². The lowest BCUT2D eigenvalue weighted by atomic mass is 10.2. The maximum absolute atomic E-state index is 12.6. The van der Waals surface area contributed by atoms with Crippen LogP contribution >= 0.6 is 23.2 Å². The van der Waals surface area contributed by atoms with Crippen LogP contribution in [0.2, 0.25) is 10.0 Å². The van der Waals surface area contributed by atoms with E-state index < -0.39 is 0 Å². The first-order valence-corrected chi connectivity index (χ1v) is 9.94. The van der Waals surface area contributed by atoms with E-state index in [0.29, 0.717) is 34.3 Å². The highest BCUT2D eigenvalue weighted by Crippen LogP contribution is 2.31. The summed E-state index contributed by atoms with van der Waals surface area (Å²) in [6, 6.07) is 14.9. The van der Waals surface area contributed by atoms with Gasteiger partial charge in [0, 0.05) is 31.9 Å². The smallest absolute Gasteiger partial charge is 0.226 e. The number of rotatable bonds is 5. The zero-order chi connectivity index (χ0) is 19.9. The van der Waals surface area contributed by atoms with Crippen LogP contribution in [0, 0.1) is 11.3 Å². The second-order valence-electron chi connectivity index (χ2n) is 6.53. The van der Waals surface area contributed by atoms with E-state index in [4.69, 9.17) is 33.2 Å². The molecule has 1 fully saturated rings. The lowest BCUT2D eigenvalue weighted by Gasteiger charge is -2.24. The van der Waals surface area contributed by atoms with Crippen LogP contribution in [-0.4, -0.2) is 43.6 Å². The van der Waals surface area contributed by atoms with Crippen molar-refractivity contribution < 1.29 is 9.53 Å². The van der Waals surface area contributed by atoms with Gasteiger partial charge in [-0.15, -0.1) is 0 Å². The summed E-state index contributed by atoms with van der Waals surface area (Å²) in [7, 11) is 0. The van der Waals surface area contributed by atoms with E-state index in [-0.39, 0.29) is 12.5 Å². The summed E-state index contributed by atoms with van der Waals surface area (Å²) in [5, 5.41) is 9.72. The molecule has 28 heavy (non-hydrogen) atoms. The lowest BCUT2D eigenvalue weighted by molar-refractivity contribution is -0.131. The molecule has 5 nitrogen and oxygen atoms in total. The normalized spacial score (nSPS) is 14.3. The zero-order valence-corrected chi connectivity index (χ0v) is 16.9. The molecule has 0 unspecified atom stereocenters. The maximum Gasteiger partial charge on any atom is 0.226 e. The fraction of sp³-hybridized carbons (Fsp3) is 0.333. The molecule has 3 rings (SSSR count). The van der Waals surface area contributed by atoms with Crippen molar-refractivity contribution >= 4 is 34.8 Å². The van der Waals surface area contributed by atoms with Crippen molar-refractivity contribution in [2.24, 2.45) is 0 Å². The molecule has 0 radical (unpaired) electrons. The van der Waals surface area contributed by atoms with Gasteiger partial charge in [0.2, 0.25) is 5.91 Å². The molecule has 7 heteroatoms. The largest absolute Gasteiger partial charge is 0.491 e. The predicted octanol–water partition coefficient (Wildman–Crippen LogP) is 4.37. The van der Waals surface area contributed by atoms with Crippen molar-refractivity contribution in [2.75, 3.05) is 37.7 Å². The van der Waals surface area contributed by atoms with Crippen molar-refractivity contribution in [3.63, 3.8) is 0 Å². The number of halogens is 2. The van der Waals surface area contributed by atoms with Crippen molar-refractivity contribution in [1.29, 1.82) is 5.26 Å². The first kappa shape index (κ1) is 20.3. The molecule has 1 amide bonds. The molecule has 1 aliphatic rings. The Balaban J connectivity index is 1.49. The molecule has 0 saturated carbocycles. The van der Waals surface area contributed by atoms with Gasteiger partial charge in [-0.3, -0.25) is 4.79 Å². The molecule has 0 N–H and O–H groups in total. The molecule has 146 valence electrons. The standard InChI is InChI=1S/C21H21Cl2N3O2/c22-18-3-1-4-19(21(18)23)28-14-9-20(27)26-11-2-10-25(12-13-26)17-7-5-16(15-24)6-8-17/h1,3-8H,2,9-14H2. The van der Waals surface area contributed by atoms with Gasteiger partial charge >= 0.3 is 0 Å². The molecule has 0 bridgehead atoms. The van der Waals surface area contributed by atoms with E-state index >= 15 is 0 Å².